The Balaban J connectivity index is 1.86. The minimum atomic E-state index is -0.568. The van der Waals surface area contributed by atoms with Crippen molar-refractivity contribution in [1.82, 2.24) is 19.7 Å². The van der Waals surface area contributed by atoms with Crippen LogP contribution in [0.4, 0.5) is 10.3 Å². The fourth-order valence-corrected chi connectivity index (χ4v) is 2.01. The van der Waals surface area contributed by atoms with Crippen molar-refractivity contribution in [3.8, 4) is 5.88 Å². The number of methoxy groups -OCH3 is 1. The average Bonchev–Trinajstić information content (AvgIpc) is 2.72. The molecule has 0 aliphatic rings. The van der Waals surface area contributed by atoms with Crippen molar-refractivity contribution in [2.45, 2.75) is 33.7 Å². The monoisotopic (exact) mass is 293 g/mol. The number of aromatic nitrogens is 4. The van der Waals surface area contributed by atoms with Gasteiger partial charge < -0.3 is 10.1 Å². The summed E-state index contributed by atoms with van der Waals surface area (Å²) in [7, 11) is 1.38. The molecule has 7 heteroatoms. The van der Waals surface area contributed by atoms with Crippen LogP contribution in [0.15, 0.2) is 6.20 Å². The van der Waals surface area contributed by atoms with Gasteiger partial charge in [0.05, 0.1) is 19.0 Å². The number of aryl methyl sites for hydroxylation is 2. The summed E-state index contributed by atoms with van der Waals surface area (Å²) in [6.07, 6.45) is 1.96. The van der Waals surface area contributed by atoms with Gasteiger partial charge in [0.15, 0.2) is 0 Å². The quantitative estimate of drug-likeness (QED) is 0.828. The molecule has 0 saturated carbocycles. The summed E-state index contributed by atoms with van der Waals surface area (Å²) in [5, 5.41) is 7.53. The molecule has 0 saturated heterocycles. The van der Waals surface area contributed by atoms with Crippen LogP contribution in [-0.2, 0) is 6.54 Å². The van der Waals surface area contributed by atoms with Crippen molar-refractivity contribution < 1.29 is 9.13 Å². The highest BCUT2D eigenvalue weighted by Crippen LogP contribution is 2.14. The first-order valence-electron chi connectivity index (χ1n) is 6.84. The van der Waals surface area contributed by atoms with Gasteiger partial charge in [0.2, 0.25) is 11.8 Å². The Hall–Kier alpha value is -2.18. The first-order chi connectivity index (χ1) is 10.0. The Bertz CT molecular complexity index is 626. The second-order valence-electron chi connectivity index (χ2n) is 4.85. The fraction of sp³-hybridized carbons (Fsp3) is 0.500. The van der Waals surface area contributed by atoms with Crippen molar-refractivity contribution in [1.29, 1.82) is 0 Å². The molecule has 0 aromatic carbocycles. The summed E-state index contributed by atoms with van der Waals surface area (Å²) >= 11 is 0. The van der Waals surface area contributed by atoms with Crippen LogP contribution in [0, 0.1) is 26.6 Å². The van der Waals surface area contributed by atoms with Crippen molar-refractivity contribution in [3.05, 3.63) is 29.0 Å². The summed E-state index contributed by atoms with van der Waals surface area (Å²) in [6, 6.07) is 0. The standard InChI is InChI=1S/C14H20FN5O/c1-9-10(2)19-20(11(9)3)7-5-6-16-14-17-8-12(15)13(18-14)21-4/h8H,5-7H2,1-4H3,(H,16,17,18). The van der Waals surface area contributed by atoms with Crippen LogP contribution in [0.2, 0.25) is 0 Å². The summed E-state index contributed by atoms with van der Waals surface area (Å²) < 4.78 is 20.0. The van der Waals surface area contributed by atoms with E-state index in [9.17, 15) is 4.39 Å². The van der Waals surface area contributed by atoms with E-state index in [0.717, 1.165) is 24.9 Å². The van der Waals surface area contributed by atoms with E-state index in [2.05, 4.69) is 34.2 Å². The molecule has 0 aliphatic carbocycles. The van der Waals surface area contributed by atoms with Crippen molar-refractivity contribution in [2.24, 2.45) is 0 Å². The maximum atomic E-state index is 13.2. The van der Waals surface area contributed by atoms with Crippen LogP contribution in [0.1, 0.15) is 23.4 Å². The van der Waals surface area contributed by atoms with Crippen molar-refractivity contribution in [2.75, 3.05) is 19.0 Å². The molecule has 0 fully saturated rings. The van der Waals surface area contributed by atoms with Crippen LogP contribution in [-0.4, -0.2) is 33.4 Å². The number of nitrogens with one attached hydrogen (secondary N) is 1. The lowest BCUT2D eigenvalue weighted by molar-refractivity contribution is 0.367. The third-order valence-corrected chi connectivity index (χ3v) is 3.48. The van der Waals surface area contributed by atoms with E-state index in [1.807, 2.05) is 11.6 Å². The highest BCUT2D eigenvalue weighted by Gasteiger charge is 2.08. The zero-order valence-corrected chi connectivity index (χ0v) is 12.8. The minimum Gasteiger partial charge on any atom is -0.479 e. The Kier molecular flexibility index (Phi) is 4.72. The van der Waals surface area contributed by atoms with Gasteiger partial charge in [-0.1, -0.05) is 0 Å². The number of ether oxygens (including phenoxy) is 1. The SMILES string of the molecule is COc1nc(NCCCn2nc(C)c(C)c2C)ncc1F. The van der Waals surface area contributed by atoms with Crippen molar-refractivity contribution >= 4 is 5.95 Å². The van der Waals surface area contributed by atoms with E-state index in [-0.39, 0.29) is 5.88 Å². The van der Waals surface area contributed by atoms with E-state index < -0.39 is 5.82 Å². The molecule has 2 aromatic rings. The van der Waals surface area contributed by atoms with E-state index in [1.54, 1.807) is 0 Å². The molecular formula is C14H20FN5O. The number of rotatable bonds is 6. The van der Waals surface area contributed by atoms with Crippen LogP contribution in [0.5, 0.6) is 5.88 Å². The summed E-state index contributed by atoms with van der Waals surface area (Å²) in [6.45, 7) is 7.63. The molecule has 2 aromatic heterocycles. The van der Waals surface area contributed by atoms with Gasteiger partial charge in [0.25, 0.3) is 5.88 Å². The zero-order valence-electron chi connectivity index (χ0n) is 12.8. The lowest BCUT2D eigenvalue weighted by atomic mass is 10.2. The fourth-order valence-electron chi connectivity index (χ4n) is 2.01. The largest absolute Gasteiger partial charge is 0.479 e. The van der Waals surface area contributed by atoms with E-state index in [1.165, 1.54) is 18.4 Å². The number of hydrogen-bond donors (Lipinski definition) is 1. The second-order valence-corrected chi connectivity index (χ2v) is 4.85. The molecule has 0 amide bonds. The molecular weight excluding hydrogens is 273 g/mol. The molecule has 0 atom stereocenters. The average molecular weight is 293 g/mol. The van der Waals surface area contributed by atoms with Gasteiger partial charge in [0.1, 0.15) is 0 Å². The molecule has 114 valence electrons. The van der Waals surface area contributed by atoms with E-state index >= 15 is 0 Å². The van der Waals surface area contributed by atoms with Gasteiger partial charge in [-0.15, -0.1) is 0 Å². The first-order valence-corrected chi connectivity index (χ1v) is 6.84. The van der Waals surface area contributed by atoms with Crippen LogP contribution in [0.25, 0.3) is 0 Å². The van der Waals surface area contributed by atoms with Crippen LogP contribution >= 0.6 is 0 Å². The molecule has 6 nitrogen and oxygen atoms in total. The van der Waals surface area contributed by atoms with Gasteiger partial charge in [-0.25, -0.2) is 4.98 Å². The molecule has 2 rings (SSSR count). The molecule has 0 spiro atoms. The van der Waals surface area contributed by atoms with Gasteiger partial charge in [0, 0.05) is 18.8 Å². The lowest BCUT2D eigenvalue weighted by Crippen LogP contribution is -2.11. The Labute approximate surface area is 123 Å². The minimum absolute atomic E-state index is 0.0540. The number of hydrogen-bond acceptors (Lipinski definition) is 5. The molecule has 1 N–H and O–H groups in total. The molecule has 0 unspecified atom stereocenters. The van der Waals surface area contributed by atoms with Crippen LogP contribution < -0.4 is 10.1 Å². The highest BCUT2D eigenvalue weighted by molar-refractivity contribution is 5.28. The Morgan fingerprint density at radius 1 is 1.33 bits per heavy atom. The smallest absolute Gasteiger partial charge is 0.255 e. The molecule has 0 bridgehead atoms. The summed E-state index contributed by atoms with van der Waals surface area (Å²) in [4.78, 5) is 7.80. The van der Waals surface area contributed by atoms with Crippen molar-refractivity contribution in [3.63, 3.8) is 0 Å². The third-order valence-electron chi connectivity index (χ3n) is 3.48. The van der Waals surface area contributed by atoms with E-state index in [0.29, 0.717) is 12.5 Å². The Morgan fingerprint density at radius 3 is 2.71 bits per heavy atom. The molecule has 21 heavy (non-hydrogen) atoms. The number of anilines is 1. The predicted octanol–water partition coefficient (Wildman–Crippen LogP) is 2.25. The summed E-state index contributed by atoms with van der Waals surface area (Å²) in [5.41, 5.74) is 3.48. The normalized spacial score (nSPS) is 10.7. The van der Waals surface area contributed by atoms with Gasteiger partial charge in [-0.3, -0.25) is 4.68 Å². The first kappa shape index (κ1) is 15.2. The predicted molar refractivity (Wildman–Crippen MR) is 78.1 cm³/mol. The second kappa shape index (κ2) is 6.51. The zero-order chi connectivity index (χ0) is 15.4. The molecule has 0 radical (unpaired) electrons. The van der Waals surface area contributed by atoms with Crippen LogP contribution in [0.3, 0.4) is 0 Å². The maximum Gasteiger partial charge on any atom is 0.255 e. The summed E-state index contributed by atoms with van der Waals surface area (Å²) in [5.74, 6) is -0.263. The van der Waals surface area contributed by atoms with Gasteiger partial charge in [-0.05, 0) is 32.8 Å². The highest BCUT2D eigenvalue weighted by atomic mass is 19.1. The molecule has 2 heterocycles. The van der Waals surface area contributed by atoms with Gasteiger partial charge in [-0.2, -0.15) is 14.5 Å². The number of nitrogens with zero attached hydrogens (tertiary/aromatic N) is 4. The molecule has 0 aliphatic heterocycles. The van der Waals surface area contributed by atoms with E-state index in [4.69, 9.17) is 4.74 Å². The third kappa shape index (κ3) is 3.48. The lowest BCUT2D eigenvalue weighted by Gasteiger charge is -2.07. The van der Waals surface area contributed by atoms with Gasteiger partial charge >= 0.3 is 0 Å². The maximum absolute atomic E-state index is 13.2. The Morgan fingerprint density at radius 2 is 2.10 bits per heavy atom. The number of halogens is 1. The topological polar surface area (TPSA) is 64.9 Å².